The molecule has 13 heavy (non-hydrogen) atoms. The van der Waals surface area contributed by atoms with Crippen molar-refractivity contribution in [2.75, 3.05) is 0 Å². The summed E-state index contributed by atoms with van der Waals surface area (Å²) in [5, 5.41) is 0. The van der Waals surface area contributed by atoms with Crippen LogP contribution >= 0.6 is 0 Å². The number of nitrogens with two attached hydrogens (primary N) is 1. The van der Waals surface area contributed by atoms with Gasteiger partial charge in [0, 0.05) is 0 Å². The molecule has 0 saturated carbocycles. The van der Waals surface area contributed by atoms with E-state index in [9.17, 15) is 0 Å². The van der Waals surface area contributed by atoms with Gasteiger partial charge in [-0.3, -0.25) is 0 Å². The van der Waals surface area contributed by atoms with Gasteiger partial charge in [0.25, 0.3) is 0 Å². The summed E-state index contributed by atoms with van der Waals surface area (Å²) in [5.41, 5.74) is 6.96. The molecule has 0 fully saturated rings. The van der Waals surface area contributed by atoms with Crippen molar-refractivity contribution in [3.63, 3.8) is 0 Å². The highest BCUT2D eigenvalue weighted by atomic mass is 16.3. The molecule has 2 rings (SSSR count). The van der Waals surface area contributed by atoms with E-state index in [4.69, 9.17) is 14.6 Å². The predicted molar refractivity (Wildman–Crippen MR) is 48.2 cm³/mol. The SMILES string of the molecule is Cc1ccoc1C(N)c1ccco1. The third-order valence-corrected chi connectivity index (χ3v) is 2.03. The monoisotopic (exact) mass is 177 g/mol. The van der Waals surface area contributed by atoms with Crippen LogP contribution in [0.25, 0.3) is 0 Å². The summed E-state index contributed by atoms with van der Waals surface area (Å²) in [6.07, 6.45) is 3.24. The highest BCUT2D eigenvalue weighted by molar-refractivity contribution is 5.24. The van der Waals surface area contributed by atoms with Gasteiger partial charge >= 0.3 is 0 Å². The van der Waals surface area contributed by atoms with Crippen LogP contribution in [0.3, 0.4) is 0 Å². The fourth-order valence-corrected chi connectivity index (χ4v) is 1.30. The molecule has 0 aromatic carbocycles. The van der Waals surface area contributed by atoms with E-state index < -0.39 is 0 Å². The molecule has 0 saturated heterocycles. The molecule has 3 nitrogen and oxygen atoms in total. The van der Waals surface area contributed by atoms with Gasteiger partial charge in [-0.2, -0.15) is 0 Å². The van der Waals surface area contributed by atoms with Crippen molar-refractivity contribution < 1.29 is 8.83 Å². The van der Waals surface area contributed by atoms with E-state index in [-0.39, 0.29) is 6.04 Å². The first-order chi connectivity index (χ1) is 6.29. The van der Waals surface area contributed by atoms with Gasteiger partial charge in [-0.1, -0.05) is 0 Å². The summed E-state index contributed by atoms with van der Waals surface area (Å²) in [4.78, 5) is 0. The second-order valence-electron chi connectivity index (χ2n) is 2.96. The zero-order valence-electron chi connectivity index (χ0n) is 7.36. The topological polar surface area (TPSA) is 52.3 Å². The van der Waals surface area contributed by atoms with Crippen LogP contribution in [-0.4, -0.2) is 0 Å². The van der Waals surface area contributed by atoms with Crippen LogP contribution in [0.15, 0.2) is 39.6 Å². The van der Waals surface area contributed by atoms with Gasteiger partial charge in [0.1, 0.15) is 17.6 Å². The van der Waals surface area contributed by atoms with Crippen molar-refractivity contribution in [2.24, 2.45) is 5.73 Å². The molecule has 2 heterocycles. The van der Waals surface area contributed by atoms with Gasteiger partial charge in [0.15, 0.2) is 0 Å². The molecule has 2 N–H and O–H groups in total. The maximum absolute atomic E-state index is 5.92. The van der Waals surface area contributed by atoms with E-state index in [1.54, 1.807) is 12.5 Å². The Morgan fingerprint density at radius 2 is 2.08 bits per heavy atom. The summed E-state index contributed by atoms with van der Waals surface area (Å²) in [7, 11) is 0. The van der Waals surface area contributed by atoms with E-state index in [1.807, 2.05) is 25.1 Å². The first-order valence-electron chi connectivity index (χ1n) is 4.12. The molecule has 1 atom stereocenters. The molecule has 2 aromatic heterocycles. The van der Waals surface area contributed by atoms with Crippen molar-refractivity contribution >= 4 is 0 Å². The molecule has 0 aliphatic rings. The molecule has 0 spiro atoms. The van der Waals surface area contributed by atoms with Gasteiger partial charge < -0.3 is 14.6 Å². The number of hydrogen-bond donors (Lipinski definition) is 1. The number of hydrogen-bond acceptors (Lipinski definition) is 3. The smallest absolute Gasteiger partial charge is 0.131 e. The van der Waals surface area contributed by atoms with E-state index in [2.05, 4.69) is 0 Å². The Balaban J connectivity index is 2.33. The fraction of sp³-hybridized carbons (Fsp3) is 0.200. The van der Waals surface area contributed by atoms with Crippen molar-refractivity contribution in [1.29, 1.82) is 0 Å². The fourth-order valence-electron chi connectivity index (χ4n) is 1.30. The predicted octanol–water partition coefficient (Wildman–Crippen LogP) is 2.23. The standard InChI is InChI=1S/C10H11NO2/c1-7-4-6-13-10(7)9(11)8-3-2-5-12-8/h2-6,9H,11H2,1H3. The Labute approximate surface area is 76.1 Å². The second kappa shape index (κ2) is 3.11. The van der Waals surface area contributed by atoms with Crippen LogP contribution in [0.4, 0.5) is 0 Å². The van der Waals surface area contributed by atoms with Crippen molar-refractivity contribution in [3.05, 3.63) is 47.8 Å². The minimum Gasteiger partial charge on any atom is -0.467 e. The molecule has 1 unspecified atom stereocenters. The van der Waals surface area contributed by atoms with Gasteiger partial charge in [0.05, 0.1) is 12.5 Å². The summed E-state index contributed by atoms with van der Waals surface area (Å²) < 4.78 is 10.5. The van der Waals surface area contributed by atoms with Crippen molar-refractivity contribution in [1.82, 2.24) is 0 Å². The minimum absolute atomic E-state index is 0.301. The maximum atomic E-state index is 5.92. The maximum Gasteiger partial charge on any atom is 0.131 e. The number of aryl methyl sites for hydroxylation is 1. The molecule has 0 radical (unpaired) electrons. The number of rotatable bonds is 2. The Morgan fingerprint density at radius 3 is 2.62 bits per heavy atom. The van der Waals surface area contributed by atoms with E-state index >= 15 is 0 Å². The van der Waals surface area contributed by atoms with E-state index in [0.717, 1.165) is 17.1 Å². The zero-order valence-corrected chi connectivity index (χ0v) is 7.36. The van der Waals surface area contributed by atoms with Gasteiger partial charge in [-0.05, 0) is 30.7 Å². The Bertz CT molecular complexity index is 375. The first-order valence-corrected chi connectivity index (χ1v) is 4.12. The normalized spacial score (nSPS) is 13.1. The van der Waals surface area contributed by atoms with E-state index in [0.29, 0.717) is 0 Å². The lowest BCUT2D eigenvalue weighted by Crippen LogP contribution is -2.10. The molecule has 2 aromatic rings. The first kappa shape index (κ1) is 8.13. The third kappa shape index (κ3) is 1.38. The van der Waals surface area contributed by atoms with Gasteiger partial charge in [-0.25, -0.2) is 0 Å². The molecular formula is C10H11NO2. The van der Waals surface area contributed by atoms with Crippen molar-refractivity contribution in [2.45, 2.75) is 13.0 Å². The molecule has 0 amide bonds. The van der Waals surface area contributed by atoms with Gasteiger partial charge in [0.2, 0.25) is 0 Å². The Hall–Kier alpha value is -1.48. The average Bonchev–Trinajstić information content (AvgIpc) is 2.72. The summed E-state index contributed by atoms with van der Waals surface area (Å²) in [6, 6.07) is 5.24. The highest BCUT2D eigenvalue weighted by Gasteiger charge is 2.16. The van der Waals surface area contributed by atoms with Crippen LogP contribution in [0.2, 0.25) is 0 Å². The van der Waals surface area contributed by atoms with Crippen molar-refractivity contribution in [3.8, 4) is 0 Å². The largest absolute Gasteiger partial charge is 0.467 e. The van der Waals surface area contributed by atoms with Crippen LogP contribution in [0.1, 0.15) is 23.1 Å². The quantitative estimate of drug-likeness (QED) is 0.765. The minimum atomic E-state index is -0.301. The zero-order chi connectivity index (χ0) is 9.26. The molecule has 0 bridgehead atoms. The average molecular weight is 177 g/mol. The third-order valence-electron chi connectivity index (χ3n) is 2.03. The summed E-state index contributed by atoms with van der Waals surface area (Å²) in [5.74, 6) is 1.48. The van der Waals surface area contributed by atoms with Crippen LogP contribution in [0.5, 0.6) is 0 Å². The highest BCUT2D eigenvalue weighted by Crippen LogP contribution is 2.23. The lowest BCUT2D eigenvalue weighted by atomic mass is 10.1. The molecule has 0 aliphatic carbocycles. The molecule has 68 valence electrons. The summed E-state index contributed by atoms with van der Waals surface area (Å²) >= 11 is 0. The molecular weight excluding hydrogens is 166 g/mol. The summed E-state index contributed by atoms with van der Waals surface area (Å²) in [6.45, 7) is 1.96. The second-order valence-corrected chi connectivity index (χ2v) is 2.96. The molecule has 0 aliphatic heterocycles. The lowest BCUT2D eigenvalue weighted by molar-refractivity contribution is 0.430. The lowest BCUT2D eigenvalue weighted by Gasteiger charge is -2.05. The Kier molecular flexibility index (Phi) is 1.94. The molecule has 3 heteroatoms. The Morgan fingerprint density at radius 1 is 1.23 bits per heavy atom. The van der Waals surface area contributed by atoms with Crippen LogP contribution in [0, 0.1) is 6.92 Å². The number of furan rings is 2. The van der Waals surface area contributed by atoms with Crippen LogP contribution in [-0.2, 0) is 0 Å². The van der Waals surface area contributed by atoms with E-state index in [1.165, 1.54) is 0 Å². The van der Waals surface area contributed by atoms with Crippen LogP contribution < -0.4 is 5.73 Å². The van der Waals surface area contributed by atoms with Gasteiger partial charge in [-0.15, -0.1) is 0 Å².